The van der Waals surface area contributed by atoms with Crippen molar-refractivity contribution in [2.45, 2.75) is 6.04 Å². The third kappa shape index (κ3) is 3.36. The summed E-state index contributed by atoms with van der Waals surface area (Å²) in [7, 11) is 1.60. The summed E-state index contributed by atoms with van der Waals surface area (Å²) in [6.07, 6.45) is 0. The first-order valence-electron chi connectivity index (χ1n) is 7.15. The van der Waals surface area contributed by atoms with Gasteiger partial charge in [0.1, 0.15) is 11.6 Å². The van der Waals surface area contributed by atoms with Crippen LogP contribution in [0.4, 0.5) is 5.82 Å². The van der Waals surface area contributed by atoms with Gasteiger partial charge in [-0.25, -0.2) is 9.97 Å². The fourth-order valence-corrected chi connectivity index (χ4v) is 2.58. The molecule has 2 N–H and O–H groups in total. The quantitative estimate of drug-likeness (QED) is 0.702. The lowest BCUT2D eigenvalue weighted by atomic mass is 10.1. The van der Waals surface area contributed by atoms with E-state index in [0.29, 0.717) is 17.1 Å². The minimum absolute atomic E-state index is 0.0723. The number of methoxy groups -OCH3 is 1. The maximum absolute atomic E-state index is 9.72. The zero-order valence-corrected chi connectivity index (χ0v) is 13.3. The molecule has 0 fully saturated rings. The van der Waals surface area contributed by atoms with Crippen LogP contribution >= 0.6 is 11.6 Å². The Kier molecular flexibility index (Phi) is 4.60. The number of benzene rings is 2. The van der Waals surface area contributed by atoms with E-state index in [2.05, 4.69) is 15.3 Å². The Hall–Kier alpha value is -2.37. The van der Waals surface area contributed by atoms with Gasteiger partial charge >= 0.3 is 0 Å². The molecule has 3 rings (SSSR count). The fraction of sp³-hybridized carbons (Fsp3) is 0.176. The maximum Gasteiger partial charge on any atom is 0.224 e. The molecule has 1 heterocycles. The smallest absolute Gasteiger partial charge is 0.224 e. The van der Waals surface area contributed by atoms with Gasteiger partial charge in [-0.15, -0.1) is 0 Å². The lowest BCUT2D eigenvalue weighted by molar-refractivity contribution is 0.276. The Balaban J connectivity index is 2.04. The van der Waals surface area contributed by atoms with Crippen molar-refractivity contribution in [2.75, 3.05) is 19.0 Å². The lowest BCUT2D eigenvalue weighted by Gasteiger charge is -2.18. The third-order valence-corrected chi connectivity index (χ3v) is 3.74. The second-order valence-electron chi connectivity index (χ2n) is 5.01. The molecule has 5 nitrogen and oxygen atoms in total. The highest BCUT2D eigenvalue weighted by atomic mass is 35.5. The predicted molar refractivity (Wildman–Crippen MR) is 91.0 cm³/mol. The molecule has 0 aliphatic heterocycles. The van der Waals surface area contributed by atoms with Crippen LogP contribution < -0.4 is 10.1 Å². The summed E-state index contributed by atoms with van der Waals surface area (Å²) >= 11 is 6.01. The summed E-state index contributed by atoms with van der Waals surface area (Å²) in [6.45, 7) is -0.0723. The van der Waals surface area contributed by atoms with Crippen LogP contribution in [0.1, 0.15) is 11.6 Å². The van der Waals surface area contributed by atoms with Crippen molar-refractivity contribution in [3.05, 3.63) is 59.4 Å². The van der Waals surface area contributed by atoms with Crippen molar-refractivity contribution in [3.8, 4) is 5.75 Å². The number of hydrogen-bond acceptors (Lipinski definition) is 5. The summed E-state index contributed by atoms with van der Waals surface area (Å²) < 4.78 is 5.26. The second-order valence-corrected chi connectivity index (χ2v) is 5.35. The van der Waals surface area contributed by atoms with E-state index in [4.69, 9.17) is 16.3 Å². The van der Waals surface area contributed by atoms with E-state index >= 15 is 0 Å². The molecule has 0 aliphatic rings. The summed E-state index contributed by atoms with van der Waals surface area (Å²) in [4.78, 5) is 8.48. The molecule has 118 valence electrons. The molecule has 0 amide bonds. The van der Waals surface area contributed by atoms with Gasteiger partial charge in [0.25, 0.3) is 0 Å². The van der Waals surface area contributed by atoms with Gasteiger partial charge in [-0.3, -0.25) is 0 Å². The highest BCUT2D eigenvalue weighted by molar-refractivity contribution is 6.28. The number of nitrogens with one attached hydrogen (secondary N) is 1. The summed E-state index contributed by atoms with van der Waals surface area (Å²) in [6, 6.07) is 14.9. The van der Waals surface area contributed by atoms with Gasteiger partial charge in [0.2, 0.25) is 5.28 Å². The molecule has 0 saturated heterocycles. The number of fused-ring (bicyclic) bond motifs is 1. The molecule has 1 aromatic heterocycles. The van der Waals surface area contributed by atoms with Crippen LogP contribution in [-0.2, 0) is 0 Å². The molecule has 6 heteroatoms. The molecule has 1 unspecified atom stereocenters. The lowest BCUT2D eigenvalue weighted by Crippen LogP contribution is -2.16. The van der Waals surface area contributed by atoms with Crippen LogP contribution in [-0.4, -0.2) is 28.8 Å². The van der Waals surface area contributed by atoms with Crippen molar-refractivity contribution in [3.63, 3.8) is 0 Å². The number of ether oxygens (including phenoxy) is 1. The number of rotatable bonds is 5. The fourth-order valence-electron chi connectivity index (χ4n) is 2.40. The summed E-state index contributed by atoms with van der Waals surface area (Å²) in [5.41, 5.74) is 1.67. The largest absolute Gasteiger partial charge is 0.497 e. The number of aliphatic hydroxyl groups is 1. The van der Waals surface area contributed by atoms with Gasteiger partial charge in [-0.2, -0.15) is 0 Å². The summed E-state index contributed by atoms with van der Waals surface area (Å²) in [5, 5.41) is 13.9. The Morgan fingerprint density at radius 2 is 1.96 bits per heavy atom. The number of halogens is 1. The van der Waals surface area contributed by atoms with E-state index in [1.54, 1.807) is 7.11 Å². The Morgan fingerprint density at radius 3 is 2.65 bits per heavy atom. The first-order chi connectivity index (χ1) is 11.2. The monoisotopic (exact) mass is 329 g/mol. The van der Waals surface area contributed by atoms with Crippen molar-refractivity contribution >= 4 is 28.3 Å². The highest BCUT2D eigenvalue weighted by Crippen LogP contribution is 2.29. The van der Waals surface area contributed by atoms with Gasteiger partial charge in [-0.05, 0) is 35.4 Å². The van der Waals surface area contributed by atoms with E-state index < -0.39 is 0 Å². The Morgan fingerprint density at radius 1 is 1.17 bits per heavy atom. The number of nitrogens with zero attached hydrogens (tertiary/aromatic N) is 2. The van der Waals surface area contributed by atoms with Crippen molar-refractivity contribution in [2.24, 2.45) is 0 Å². The molecular formula is C17H16ClN3O2. The Bertz CT molecular complexity index is 812. The van der Waals surface area contributed by atoms with Crippen LogP contribution in [0, 0.1) is 0 Å². The molecule has 1 atom stereocenters. The molecular weight excluding hydrogens is 314 g/mol. The number of aromatic nitrogens is 2. The van der Waals surface area contributed by atoms with Crippen LogP contribution in [0.25, 0.3) is 10.9 Å². The van der Waals surface area contributed by atoms with Gasteiger partial charge in [0.15, 0.2) is 0 Å². The predicted octanol–water partition coefficient (Wildman–Crippen LogP) is 3.44. The van der Waals surface area contributed by atoms with Crippen LogP contribution in [0.5, 0.6) is 5.75 Å². The highest BCUT2D eigenvalue weighted by Gasteiger charge is 2.14. The van der Waals surface area contributed by atoms with Crippen molar-refractivity contribution in [1.82, 2.24) is 9.97 Å². The average Bonchev–Trinajstić information content (AvgIpc) is 2.59. The zero-order valence-electron chi connectivity index (χ0n) is 12.5. The van der Waals surface area contributed by atoms with E-state index in [1.165, 1.54) is 0 Å². The Labute approximate surface area is 138 Å². The second kappa shape index (κ2) is 6.81. The van der Waals surface area contributed by atoms with Crippen LogP contribution in [0.3, 0.4) is 0 Å². The number of anilines is 1. The molecule has 3 aromatic rings. The van der Waals surface area contributed by atoms with Gasteiger partial charge in [0.05, 0.1) is 25.3 Å². The number of aliphatic hydroxyl groups excluding tert-OH is 1. The van der Waals surface area contributed by atoms with Crippen LogP contribution in [0.15, 0.2) is 48.5 Å². The third-order valence-electron chi connectivity index (χ3n) is 3.57. The molecule has 23 heavy (non-hydrogen) atoms. The molecule has 0 aliphatic carbocycles. The standard InChI is InChI=1S/C17H16ClN3O2/c1-23-12-7-8-14-13(9-12)16(21-17(18)20-14)19-15(10-22)11-5-3-2-4-6-11/h2-9,15,22H,10H2,1H3,(H,19,20,21). The molecule has 2 aromatic carbocycles. The normalized spacial score (nSPS) is 12.1. The molecule has 0 radical (unpaired) electrons. The van der Waals surface area contributed by atoms with Crippen molar-refractivity contribution < 1.29 is 9.84 Å². The number of hydrogen-bond donors (Lipinski definition) is 2. The van der Waals surface area contributed by atoms with E-state index in [0.717, 1.165) is 10.9 Å². The first-order valence-corrected chi connectivity index (χ1v) is 7.52. The zero-order chi connectivity index (χ0) is 16.2. The topological polar surface area (TPSA) is 67.3 Å². The maximum atomic E-state index is 9.72. The van der Waals surface area contributed by atoms with Gasteiger partial charge in [-0.1, -0.05) is 30.3 Å². The molecule has 0 saturated carbocycles. The minimum Gasteiger partial charge on any atom is -0.497 e. The van der Waals surface area contributed by atoms with Crippen molar-refractivity contribution in [1.29, 1.82) is 0 Å². The minimum atomic E-state index is -0.295. The van der Waals surface area contributed by atoms with E-state index in [-0.39, 0.29) is 17.9 Å². The SMILES string of the molecule is COc1ccc2nc(Cl)nc(NC(CO)c3ccccc3)c2c1. The first kappa shape index (κ1) is 15.5. The van der Waals surface area contributed by atoms with E-state index in [1.807, 2.05) is 48.5 Å². The van der Waals surface area contributed by atoms with Gasteiger partial charge in [0, 0.05) is 5.39 Å². The molecule has 0 bridgehead atoms. The van der Waals surface area contributed by atoms with E-state index in [9.17, 15) is 5.11 Å². The molecule has 0 spiro atoms. The van der Waals surface area contributed by atoms with Crippen LogP contribution in [0.2, 0.25) is 5.28 Å². The summed E-state index contributed by atoms with van der Waals surface area (Å²) in [5.74, 6) is 1.26. The van der Waals surface area contributed by atoms with Gasteiger partial charge < -0.3 is 15.2 Å². The average molecular weight is 330 g/mol.